The van der Waals surface area contributed by atoms with Gasteiger partial charge in [-0.25, -0.2) is 4.39 Å². The number of halogens is 1. The molecule has 4 nitrogen and oxygen atoms in total. The van der Waals surface area contributed by atoms with Gasteiger partial charge in [0.1, 0.15) is 11.9 Å². The third kappa shape index (κ3) is 4.10. The summed E-state index contributed by atoms with van der Waals surface area (Å²) in [4.78, 5) is 25.1. The first-order valence-corrected chi connectivity index (χ1v) is 8.93. The van der Waals surface area contributed by atoms with E-state index in [4.69, 9.17) is 0 Å². The zero-order valence-electron chi connectivity index (χ0n) is 15.0. The standard InChI is InChI=1S/C21H23FN2O2/c1-13(2)19(24-20(25)15-6-9-17(22)10-7-15)21(26)23-18-11-8-14-4-3-5-16(14)12-18/h6-13,19H,3-5H2,1-2H3,(H,23,26)(H,24,25)/t19-/m0/s1. The molecule has 0 heterocycles. The highest BCUT2D eigenvalue weighted by molar-refractivity contribution is 6.01. The summed E-state index contributed by atoms with van der Waals surface area (Å²) in [6.45, 7) is 3.75. The minimum absolute atomic E-state index is 0.0891. The molecule has 0 fully saturated rings. The fourth-order valence-electron chi connectivity index (χ4n) is 3.23. The summed E-state index contributed by atoms with van der Waals surface area (Å²) in [7, 11) is 0. The number of hydrogen-bond donors (Lipinski definition) is 2. The Balaban J connectivity index is 1.69. The molecule has 2 aromatic rings. The third-order valence-electron chi connectivity index (χ3n) is 4.71. The molecule has 1 aliphatic rings. The van der Waals surface area contributed by atoms with Gasteiger partial charge in [0, 0.05) is 11.3 Å². The van der Waals surface area contributed by atoms with Gasteiger partial charge in [-0.15, -0.1) is 0 Å². The van der Waals surface area contributed by atoms with Gasteiger partial charge in [0.2, 0.25) is 5.91 Å². The molecule has 2 amide bonds. The average Bonchev–Trinajstić information content (AvgIpc) is 3.07. The van der Waals surface area contributed by atoms with Crippen LogP contribution < -0.4 is 10.6 Å². The summed E-state index contributed by atoms with van der Waals surface area (Å²) < 4.78 is 13.0. The zero-order valence-corrected chi connectivity index (χ0v) is 15.0. The first-order valence-electron chi connectivity index (χ1n) is 8.93. The van der Waals surface area contributed by atoms with Crippen LogP contribution in [0.25, 0.3) is 0 Å². The van der Waals surface area contributed by atoms with Crippen LogP contribution in [-0.2, 0) is 17.6 Å². The van der Waals surface area contributed by atoms with Gasteiger partial charge in [-0.3, -0.25) is 9.59 Å². The summed E-state index contributed by atoms with van der Waals surface area (Å²) in [5.74, 6) is -1.15. The molecule has 0 unspecified atom stereocenters. The van der Waals surface area contributed by atoms with Crippen LogP contribution in [-0.4, -0.2) is 17.9 Å². The summed E-state index contributed by atoms with van der Waals surface area (Å²) >= 11 is 0. The van der Waals surface area contributed by atoms with E-state index in [2.05, 4.69) is 16.7 Å². The first kappa shape index (κ1) is 18.1. The average molecular weight is 354 g/mol. The number of anilines is 1. The van der Waals surface area contributed by atoms with E-state index in [1.54, 1.807) is 0 Å². The number of rotatable bonds is 5. The normalized spacial score (nSPS) is 14.0. The zero-order chi connectivity index (χ0) is 18.7. The molecule has 0 aliphatic heterocycles. The van der Waals surface area contributed by atoms with Gasteiger partial charge >= 0.3 is 0 Å². The van der Waals surface area contributed by atoms with E-state index in [1.165, 1.54) is 35.4 Å². The van der Waals surface area contributed by atoms with Crippen LogP contribution in [0.2, 0.25) is 0 Å². The number of amides is 2. The lowest BCUT2D eigenvalue weighted by atomic mass is 10.0. The number of fused-ring (bicyclic) bond motifs is 1. The summed E-state index contributed by atoms with van der Waals surface area (Å²) in [6.07, 6.45) is 3.27. The van der Waals surface area contributed by atoms with Crippen LogP contribution in [0.15, 0.2) is 42.5 Å². The van der Waals surface area contributed by atoms with Crippen molar-refractivity contribution in [1.82, 2.24) is 5.32 Å². The number of nitrogens with one attached hydrogen (secondary N) is 2. The van der Waals surface area contributed by atoms with Crippen molar-refractivity contribution in [3.8, 4) is 0 Å². The van der Waals surface area contributed by atoms with Crippen LogP contribution in [0, 0.1) is 11.7 Å². The molecule has 5 heteroatoms. The molecule has 1 aliphatic carbocycles. The van der Waals surface area contributed by atoms with Gasteiger partial charge in [0.15, 0.2) is 0 Å². The lowest BCUT2D eigenvalue weighted by Crippen LogP contribution is -2.47. The van der Waals surface area contributed by atoms with E-state index in [1.807, 2.05) is 26.0 Å². The number of carbonyl (C=O) groups excluding carboxylic acids is 2. The highest BCUT2D eigenvalue weighted by Crippen LogP contribution is 2.25. The van der Waals surface area contributed by atoms with Crippen molar-refractivity contribution in [2.24, 2.45) is 5.92 Å². The molecule has 3 rings (SSSR count). The molecule has 0 radical (unpaired) electrons. The van der Waals surface area contributed by atoms with E-state index in [0.717, 1.165) is 24.9 Å². The number of aryl methyl sites for hydroxylation is 2. The van der Waals surface area contributed by atoms with Crippen molar-refractivity contribution in [1.29, 1.82) is 0 Å². The summed E-state index contributed by atoms with van der Waals surface area (Å²) in [6, 6.07) is 10.6. The fourth-order valence-corrected chi connectivity index (χ4v) is 3.23. The Morgan fingerprint density at radius 2 is 1.69 bits per heavy atom. The smallest absolute Gasteiger partial charge is 0.251 e. The van der Waals surface area contributed by atoms with Gasteiger partial charge in [0.05, 0.1) is 0 Å². The molecule has 136 valence electrons. The van der Waals surface area contributed by atoms with E-state index in [-0.39, 0.29) is 11.8 Å². The summed E-state index contributed by atoms with van der Waals surface area (Å²) in [5.41, 5.74) is 3.69. The molecule has 0 bridgehead atoms. The highest BCUT2D eigenvalue weighted by Gasteiger charge is 2.25. The minimum Gasteiger partial charge on any atom is -0.340 e. The Morgan fingerprint density at radius 1 is 1.00 bits per heavy atom. The van der Waals surface area contributed by atoms with Crippen molar-refractivity contribution >= 4 is 17.5 Å². The van der Waals surface area contributed by atoms with Gasteiger partial charge < -0.3 is 10.6 Å². The van der Waals surface area contributed by atoms with Crippen molar-refractivity contribution in [2.75, 3.05) is 5.32 Å². The molecule has 1 atom stereocenters. The number of hydrogen-bond acceptors (Lipinski definition) is 2. The molecule has 0 saturated heterocycles. The Kier molecular flexibility index (Phi) is 5.35. The largest absolute Gasteiger partial charge is 0.340 e. The Labute approximate surface area is 152 Å². The molecule has 0 spiro atoms. The molecular weight excluding hydrogens is 331 g/mol. The first-order chi connectivity index (χ1) is 12.4. The monoisotopic (exact) mass is 354 g/mol. The highest BCUT2D eigenvalue weighted by atomic mass is 19.1. The van der Waals surface area contributed by atoms with E-state index >= 15 is 0 Å². The van der Waals surface area contributed by atoms with Crippen molar-refractivity contribution < 1.29 is 14.0 Å². The second-order valence-electron chi connectivity index (χ2n) is 7.03. The topological polar surface area (TPSA) is 58.2 Å². The molecule has 2 N–H and O–H groups in total. The molecule has 0 saturated carbocycles. The minimum atomic E-state index is -0.680. The fraction of sp³-hybridized carbons (Fsp3) is 0.333. The predicted molar refractivity (Wildman–Crippen MR) is 99.6 cm³/mol. The number of carbonyl (C=O) groups is 2. The van der Waals surface area contributed by atoms with E-state index < -0.39 is 17.8 Å². The van der Waals surface area contributed by atoms with Crippen molar-refractivity contribution in [2.45, 2.75) is 39.2 Å². The van der Waals surface area contributed by atoms with Gasteiger partial charge in [0.25, 0.3) is 5.91 Å². The summed E-state index contributed by atoms with van der Waals surface area (Å²) in [5, 5.41) is 5.66. The van der Waals surface area contributed by atoms with Gasteiger partial charge in [-0.05, 0) is 72.7 Å². The van der Waals surface area contributed by atoms with Crippen LogP contribution in [0.1, 0.15) is 41.8 Å². The number of benzene rings is 2. The molecule has 0 aromatic heterocycles. The van der Waals surface area contributed by atoms with Crippen LogP contribution in [0.3, 0.4) is 0 Å². The lowest BCUT2D eigenvalue weighted by molar-refractivity contribution is -0.118. The van der Waals surface area contributed by atoms with Crippen molar-refractivity contribution in [3.05, 3.63) is 65.0 Å². The Bertz CT molecular complexity index is 815. The van der Waals surface area contributed by atoms with E-state index in [9.17, 15) is 14.0 Å². The van der Waals surface area contributed by atoms with Gasteiger partial charge in [-0.1, -0.05) is 19.9 Å². The Morgan fingerprint density at radius 3 is 2.38 bits per heavy atom. The molecule has 26 heavy (non-hydrogen) atoms. The van der Waals surface area contributed by atoms with Gasteiger partial charge in [-0.2, -0.15) is 0 Å². The van der Waals surface area contributed by atoms with Crippen molar-refractivity contribution in [3.63, 3.8) is 0 Å². The maximum atomic E-state index is 13.0. The van der Waals surface area contributed by atoms with E-state index in [0.29, 0.717) is 5.56 Å². The second kappa shape index (κ2) is 7.68. The predicted octanol–water partition coefficient (Wildman–Crippen LogP) is 3.71. The maximum absolute atomic E-state index is 13.0. The molecule has 2 aromatic carbocycles. The maximum Gasteiger partial charge on any atom is 0.251 e. The van der Waals surface area contributed by atoms with Crippen LogP contribution in [0.5, 0.6) is 0 Å². The third-order valence-corrected chi connectivity index (χ3v) is 4.71. The molecular formula is C21H23FN2O2. The Hall–Kier alpha value is -2.69. The SMILES string of the molecule is CC(C)[C@H](NC(=O)c1ccc(F)cc1)C(=O)Nc1ccc2c(c1)CCC2. The van der Waals surface area contributed by atoms with Crippen LogP contribution in [0.4, 0.5) is 10.1 Å². The second-order valence-corrected chi connectivity index (χ2v) is 7.03. The lowest BCUT2D eigenvalue weighted by Gasteiger charge is -2.22. The quantitative estimate of drug-likeness (QED) is 0.860. The van der Waals surface area contributed by atoms with Crippen LogP contribution >= 0.6 is 0 Å².